The van der Waals surface area contributed by atoms with Crippen molar-refractivity contribution in [1.29, 1.82) is 0 Å². The van der Waals surface area contributed by atoms with Gasteiger partial charge in [0, 0.05) is 5.56 Å². The van der Waals surface area contributed by atoms with Crippen LogP contribution in [0.5, 0.6) is 6.08 Å². The van der Waals surface area contributed by atoms with Crippen molar-refractivity contribution in [3.05, 3.63) is 23.8 Å². The number of para-hydroxylation sites is 1. The van der Waals surface area contributed by atoms with Crippen molar-refractivity contribution >= 4 is 16.9 Å². The molecule has 0 amide bonds. The molecule has 0 atom stereocenters. The number of aromatic nitrogens is 1. The molecule has 16 heavy (non-hydrogen) atoms. The van der Waals surface area contributed by atoms with Gasteiger partial charge in [-0.25, -0.2) is 0 Å². The van der Waals surface area contributed by atoms with Crippen molar-refractivity contribution in [3.8, 4) is 6.08 Å². The molecule has 0 saturated heterocycles. The summed E-state index contributed by atoms with van der Waals surface area (Å²) in [6.45, 7) is -1.65. The molecule has 0 radical (unpaired) electrons. The van der Waals surface area contributed by atoms with Gasteiger partial charge in [0.05, 0.1) is 0 Å². The van der Waals surface area contributed by atoms with Crippen molar-refractivity contribution in [2.24, 2.45) is 0 Å². The normalized spacial score (nSPS) is 11.0. The van der Waals surface area contributed by atoms with Crippen molar-refractivity contribution < 1.29 is 22.7 Å². The molecule has 0 bridgehead atoms. The summed E-state index contributed by atoms with van der Waals surface area (Å²) < 4.78 is 32.8. The molecule has 1 aromatic carbocycles. The minimum absolute atomic E-state index is 0.220. The Kier molecular flexibility index (Phi) is 2.55. The minimum Gasteiger partial charge on any atom is -0.409 e. The average Bonchev–Trinajstić information content (AvgIpc) is 2.57. The van der Waals surface area contributed by atoms with Crippen LogP contribution in [0.4, 0.5) is 8.78 Å². The molecular formula is C10H7F2NO3. The largest absolute Gasteiger partial charge is 0.409 e. The summed E-state index contributed by atoms with van der Waals surface area (Å²) in [4.78, 5) is 14.9. The molecular weight excluding hydrogens is 220 g/mol. The molecule has 1 aromatic heterocycles. The van der Waals surface area contributed by atoms with E-state index in [1.165, 1.54) is 13.0 Å². The zero-order valence-corrected chi connectivity index (χ0v) is 8.24. The van der Waals surface area contributed by atoms with Gasteiger partial charge < -0.3 is 9.15 Å². The van der Waals surface area contributed by atoms with Gasteiger partial charge in [0.15, 0.2) is 11.4 Å². The fraction of sp³-hybridized carbons (Fsp3) is 0.200. The fourth-order valence-electron chi connectivity index (χ4n) is 1.34. The number of ketones is 1. The molecule has 84 valence electrons. The van der Waals surface area contributed by atoms with E-state index in [0.717, 1.165) is 0 Å². The number of carbonyl (C=O) groups excluding carboxylic acids is 1. The van der Waals surface area contributed by atoms with Gasteiger partial charge in [0.25, 0.3) is 0 Å². The van der Waals surface area contributed by atoms with E-state index in [2.05, 4.69) is 9.72 Å². The lowest BCUT2D eigenvalue weighted by molar-refractivity contribution is -0.0664. The lowest BCUT2D eigenvalue weighted by atomic mass is 10.1. The van der Waals surface area contributed by atoms with Crippen LogP contribution in [0.25, 0.3) is 11.1 Å². The summed E-state index contributed by atoms with van der Waals surface area (Å²) in [5, 5.41) is 0. The van der Waals surface area contributed by atoms with E-state index in [-0.39, 0.29) is 16.9 Å². The quantitative estimate of drug-likeness (QED) is 0.756. The van der Waals surface area contributed by atoms with Crippen LogP contribution >= 0.6 is 0 Å². The first-order chi connectivity index (χ1) is 7.58. The van der Waals surface area contributed by atoms with Gasteiger partial charge in [0.2, 0.25) is 0 Å². The molecule has 0 aliphatic rings. The molecule has 2 rings (SSSR count). The monoisotopic (exact) mass is 227 g/mol. The van der Waals surface area contributed by atoms with Crippen LogP contribution in [-0.2, 0) is 0 Å². The van der Waals surface area contributed by atoms with Crippen LogP contribution in [0, 0.1) is 0 Å². The number of nitrogens with zero attached hydrogens (tertiary/aromatic N) is 1. The Balaban J connectivity index is 2.52. The summed E-state index contributed by atoms with van der Waals surface area (Å²) >= 11 is 0. The first kappa shape index (κ1) is 10.5. The Morgan fingerprint density at radius 2 is 2.25 bits per heavy atom. The second-order valence-electron chi connectivity index (χ2n) is 3.07. The highest BCUT2D eigenvalue weighted by Gasteiger charge is 2.15. The highest BCUT2D eigenvalue weighted by molar-refractivity contribution is 6.04. The van der Waals surface area contributed by atoms with Crippen LogP contribution in [0.3, 0.4) is 0 Å². The molecule has 0 unspecified atom stereocenters. The number of halogens is 2. The summed E-state index contributed by atoms with van der Waals surface area (Å²) in [6, 6.07) is 4.64. The third kappa shape index (κ3) is 1.86. The van der Waals surface area contributed by atoms with E-state index >= 15 is 0 Å². The van der Waals surface area contributed by atoms with E-state index in [1.807, 2.05) is 0 Å². The van der Waals surface area contributed by atoms with Gasteiger partial charge in [-0.2, -0.15) is 13.8 Å². The molecule has 4 nitrogen and oxygen atoms in total. The summed E-state index contributed by atoms with van der Waals surface area (Å²) in [6.07, 6.45) is -0.543. The standard InChI is InChI=1S/C10H7F2NO3/c1-5(14)6-3-2-4-7-8(6)13-10(15-7)16-9(11)12/h2-4,9H,1H3. The zero-order valence-electron chi connectivity index (χ0n) is 8.24. The molecule has 1 heterocycles. The Bertz CT molecular complexity index is 536. The highest BCUT2D eigenvalue weighted by atomic mass is 19.3. The van der Waals surface area contributed by atoms with Crippen LogP contribution in [0.15, 0.2) is 22.6 Å². The first-order valence-corrected chi connectivity index (χ1v) is 4.43. The van der Waals surface area contributed by atoms with E-state index in [0.29, 0.717) is 5.56 Å². The predicted octanol–water partition coefficient (Wildman–Crippen LogP) is 2.63. The second-order valence-corrected chi connectivity index (χ2v) is 3.07. The van der Waals surface area contributed by atoms with E-state index in [4.69, 9.17) is 4.42 Å². The first-order valence-electron chi connectivity index (χ1n) is 4.43. The van der Waals surface area contributed by atoms with Gasteiger partial charge in [-0.1, -0.05) is 6.07 Å². The summed E-state index contributed by atoms with van der Waals surface area (Å²) in [7, 11) is 0. The molecule has 0 saturated carbocycles. The smallest absolute Gasteiger partial charge is 0.399 e. The van der Waals surface area contributed by atoms with Gasteiger partial charge >= 0.3 is 12.7 Å². The number of fused-ring (bicyclic) bond motifs is 1. The molecule has 0 fully saturated rings. The number of hydrogen-bond acceptors (Lipinski definition) is 4. The Hall–Kier alpha value is -1.98. The molecule has 0 aliphatic heterocycles. The maximum absolute atomic E-state index is 11.9. The van der Waals surface area contributed by atoms with Crippen LogP contribution in [0.2, 0.25) is 0 Å². The highest BCUT2D eigenvalue weighted by Crippen LogP contribution is 2.24. The number of Topliss-reactive ketones (excluding diaryl/α,β-unsaturated/α-hetero) is 1. The SMILES string of the molecule is CC(=O)c1cccc2oc(OC(F)F)nc12. The maximum atomic E-state index is 11.9. The van der Waals surface area contributed by atoms with Crippen LogP contribution in [0.1, 0.15) is 17.3 Å². The third-order valence-corrected chi connectivity index (χ3v) is 1.97. The van der Waals surface area contributed by atoms with E-state index < -0.39 is 12.7 Å². The number of alkyl halides is 2. The number of hydrogen-bond donors (Lipinski definition) is 0. The Morgan fingerprint density at radius 3 is 2.88 bits per heavy atom. The zero-order chi connectivity index (χ0) is 11.7. The molecule has 0 N–H and O–H groups in total. The molecule has 0 spiro atoms. The summed E-state index contributed by atoms with van der Waals surface area (Å²) in [5.41, 5.74) is 0.777. The van der Waals surface area contributed by atoms with Crippen molar-refractivity contribution in [2.75, 3.05) is 0 Å². The van der Waals surface area contributed by atoms with Gasteiger partial charge in [-0.3, -0.25) is 4.79 Å². The van der Waals surface area contributed by atoms with Crippen LogP contribution < -0.4 is 4.74 Å². The van der Waals surface area contributed by atoms with Gasteiger partial charge in [-0.05, 0) is 19.1 Å². The van der Waals surface area contributed by atoms with E-state index in [1.54, 1.807) is 12.1 Å². The molecule has 0 aliphatic carbocycles. The van der Waals surface area contributed by atoms with Crippen molar-refractivity contribution in [1.82, 2.24) is 4.98 Å². The van der Waals surface area contributed by atoms with Crippen molar-refractivity contribution in [2.45, 2.75) is 13.5 Å². The number of benzene rings is 1. The van der Waals surface area contributed by atoms with Crippen LogP contribution in [-0.4, -0.2) is 17.4 Å². The average molecular weight is 227 g/mol. The number of ether oxygens (including phenoxy) is 1. The maximum Gasteiger partial charge on any atom is 0.399 e. The van der Waals surface area contributed by atoms with Gasteiger partial charge in [0.1, 0.15) is 5.52 Å². The minimum atomic E-state index is -3.01. The lowest BCUT2D eigenvalue weighted by Gasteiger charge is -1.94. The second kappa shape index (κ2) is 3.88. The van der Waals surface area contributed by atoms with Crippen molar-refractivity contribution in [3.63, 3.8) is 0 Å². The number of carbonyl (C=O) groups is 1. The topological polar surface area (TPSA) is 52.3 Å². The Labute approximate surface area is 88.8 Å². The third-order valence-electron chi connectivity index (χ3n) is 1.97. The van der Waals surface area contributed by atoms with E-state index in [9.17, 15) is 13.6 Å². The number of rotatable bonds is 3. The number of oxazole rings is 1. The lowest BCUT2D eigenvalue weighted by Crippen LogP contribution is -2.01. The molecule has 2 aromatic rings. The Morgan fingerprint density at radius 1 is 1.50 bits per heavy atom. The summed E-state index contributed by atoms with van der Waals surface area (Å²) in [5.74, 6) is -0.220. The molecule has 6 heteroatoms. The van der Waals surface area contributed by atoms with Gasteiger partial charge in [-0.15, -0.1) is 0 Å². The fourth-order valence-corrected chi connectivity index (χ4v) is 1.34. The predicted molar refractivity (Wildman–Crippen MR) is 50.6 cm³/mol.